The first-order valence-corrected chi connectivity index (χ1v) is 6.67. The number of hydrogen-bond donors (Lipinski definition) is 2. The van der Waals surface area contributed by atoms with Crippen LogP contribution in [0.25, 0.3) is 0 Å². The van der Waals surface area contributed by atoms with Gasteiger partial charge in [0.2, 0.25) is 0 Å². The highest BCUT2D eigenvalue weighted by atomic mass is 35.5. The third-order valence-electron chi connectivity index (χ3n) is 2.64. The molecule has 0 atom stereocenters. The molecule has 6 nitrogen and oxygen atoms in total. The number of ether oxygens (including phenoxy) is 1. The minimum atomic E-state index is -0.389. The fourth-order valence-electron chi connectivity index (χ4n) is 1.61. The van der Waals surface area contributed by atoms with Gasteiger partial charge in [-0.15, -0.1) is 0 Å². The molecule has 1 aromatic rings. The predicted molar refractivity (Wildman–Crippen MR) is 74.8 cm³/mol. The lowest BCUT2D eigenvalue weighted by Gasteiger charge is -2.09. The zero-order valence-electron chi connectivity index (χ0n) is 11.1. The third-order valence-corrected chi connectivity index (χ3v) is 3.00. The molecule has 0 fully saturated rings. The van der Waals surface area contributed by atoms with E-state index in [1.807, 2.05) is 0 Å². The van der Waals surface area contributed by atoms with Crippen molar-refractivity contribution in [2.75, 3.05) is 32.2 Å². The summed E-state index contributed by atoms with van der Waals surface area (Å²) in [5.41, 5.74) is 0.146. The van der Waals surface area contributed by atoms with Gasteiger partial charge in [0.15, 0.2) is 0 Å². The van der Waals surface area contributed by atoms with E-state index in [1.54, 1.807) is 7.11 Å². The second-order valence-corrected chi connectivity index (χ2v) is 4.48. The Hall–Kier alpha value is -1.11. The Morgan fingerprint density at radius 3 is 2.95 bits per heavy atom. The van der Waals surface area contributed by atoms with Gasteiger partial charge in [-0.25, -0.2) is 4.68 Å². The van der Waals surface area contributed by atoms with Crippen LogP contribution in [-0.4, -0.2) is 41.8 Å². The molecule has 1 heterocycles. The minimum absolute atomic E-state index is 0.111. The Kier molecular flexibility index (Phi) is 7.47. The standard InChI is InChI=1S/C12H20ClN3O3/c1-19-8-4-2-3-5-14-10-9-15-16(6-7-17)12(18)11(10)13/h9,14,17H,2-8H2,1H3. The van der Waals surface area contributed by atoms with Crippen LogP contribution in [0.15, 0.2) is 11.0 Å². The van der Waals surface area contributed by atoms with Gasteiger partial charge in [-0.2, -0.15) is 5.10 Å². The lowest BCUT2D eigenvalue weighted by atomic mass is 10.2. The summed E-state index contributed by atoms with van der Waals surface area (Å²) < 4.78 is 6.11. The summed E-state index contributed by atoms with van der Waals surface area (Å²) in [7, 11) is 1.69. The van der Waals surface area contributed by atoms with Crippen LogP contribution >= 0.6 is 11.6 Å². The van der Waals surface area contributed by atoms with Gasteiger partial charge in [-0.05, 0) is 19.3 Å². The van der Waals surface area contributed by atoms with E-state index in [0.717, 1.165) is 37.1 Å². The van der Waals surface area contributed by atoms with Crippen molar-refractivity contribution in [2.45, 2.75) is 25.8 Å². The zero-order valence-corrected chi connectivity index (χ0v) is 11.8. The van der Waals surface area contributed by atoms with E-state index < -0.39 is 0 Å². The number of unbranched alkanes of at least 4 members (excludes halogenated alkanes) is 2. The number of aliphatic hydroxyl groups excluding tert-OH is 1. The van der Waals surface area contributed by atoms with Crippen LogP contribution in [0.5, 0.6) is 0 Å². The highest BCUT2D eigenvalue weighted by Crippen LogP contribution is 2.15. The smallest absolute Gasteiger partial charge is 0.287 e. The highest BCUT2D eigenvalue weighted by Gasteiger charge is 2.08. The maximum atomic E-state index is 11.8. The fraction of sp³-hybridized carbons (Fsp3) is 0.667. The normalized spacial score (nSPS) is 10.7. The van der Waals surface area contributed by atoms with Crippen molar-refractivity contribution in [1.82, 2.24) is 9.78 Å². The van der Waals surface area contributed by atoms with Gasteiger partial charge in [-0.1, -0.05) is 11.6 Å². The molecule has 1 rings (SSSR count). The van der Waals surface area contributed by atoms with Gasteiger partial charge in [0.25, 0.3) is 5.56 Å². The van der Waals surface area contributed by atoms with Gasteiger partial charge in [0.1, 0.15) is 5.02 Å². The molecule has 2 N–H and O–H groups in total. The van der Waals surface area contributed by atoms with Crippen molar-refractivity contribution >= 4 is 17.3 Å². The second kappa shape index (κ2) is 8.90. The third kappa shape index (κ3) is 5.18. The number of methoxy groups -OCH3 is 1. The molecule has 0 amide bonds. The van der Waals surface area contributed by atoms with E-state index in [2.05, 4.69) is 10.4 Å². The topological polar surface area (TPSA) is 76.4 Å². The maximum Gasteiger partial charge on any atom is 0.287 e. The molecule has 0 aliphatic carbocycles. The van der Waals surface area contributed by atoms with Crippen LogP contribution in [0.1, 0.15) is 19.3 Å². The van der Waals surface area contributed by atoms with E-state index in [-0.39, 0.29) is 23.7 Å². The van der Waals surface area contributed by atoms with Gasteiger partial charge >= 0.3 is 0 Å². The van der Waals surface area contributed by atoms with Crippen molar-refractivity contribution < 1.29 is 9.84 Å². The minimum Gasteiger partial charge on any atom is -0.394 e. The van der Waals surface area contributed by atoms with E-state index in [0.29, 0.717) is 5.69 Å². The molecule has 0 aromatic carbocycles. The SMILES string of the molecule is COCCCCCNc1cnn(CCO)c(=O)c1Cl. The summed E-state index contributed by atoms with van der Waals surface area (Å²) >= 11 is 5.96. The lowest BCUT2D eigenvalue weighted by Crippen LogP contribution is -2.25. The molecule has 0 spiro atoms. The number of hydrogen-bond acceptors (Lipinski definition) is 5. The Morgan fingerprint density at radius 2 is 2.26 bits per heavy atom. The van der Waals surface area contributed by atoms with Gasteiger partial charge in [0, 0.05) is 20.3 Å². The average molecular weight is 290 g/mol. The molecule has 1 aromatic heterocycles. The Labute approximate surface area is 117 Å². The summed E-state index contributed by atoms with van der Waals surface area (Å²) in [6, 6.07) is 0. The number of nitrogens with zero attached hydrogens (tertiary/aromatic N) is 2. The monoisotopic (exact) mass is 289 g/mol. The first-order chi connectivity index (χ1) is 9.20. The van der Waals surface area contributed by atoms with E-state index in [1.165, 1.54) is 6.20 Å². The van der Waals surface area contributed by atoms with Gasteiger partial charge in [-0.3, -0.25) is 4.79 Å². The summed E-state index contributed by atoms with van der Waals surface area (Å²) in [4.78, 5) is 11.8. The molecular formula is C12H20ClN3O3. The molecular weight excluding hydrogens is 270 g/mol. The molecule has 0 bridgehead atoms. The van der Waals surface area contributed by atoms with Crippen LogP contribution in [0.4, 0.5) is 5.69 Å². The summed E-state index contributed by atoms with van der Waals surface area (Å²) in [6.45, 7) is 1.50. The van der Waals surface area contributed by atoms with Crippen molar-refractivity contribution in [1.29, 1.82) is 0 Å². The summed E-state index contributed by atoms with van der Waals surface area (Å²) in [5.74, 6) is 0. The predicted octanol–water partition coefficient (Wildman–Crippen LogP) is 1.12. The molecule has 108 valence electrons. The number of halogens is 1. The Morgan fingerprint density at radius 1 is 1.47 bits per heavy atom. The first-order valence-electron chi connectivity index (χ1n) is 6.30. The highest BCUT2D eigenvalue weighted by molar-refractivity contribution is 6.32. The van der Waals surface area contributed by atoms with Gasteiger partial charge < -0.3 is 15.2 Å². The van der Waals surface area contributed by atoms with E-state index in [4.69, 9.17) is 21.4 Å². The van der Waals surface area contributed by atoms with Crippen LogP contribution in [0.2, 0.25) is 5.02 Å². The number of aliphatic hydroxyl groups is 1. The quantitative estimate of drug-likeness (QED) is 0.666. The summed E-state index contributed by atoms with van der Waals surface area (Å²) in [5, 5.41) is 15.9. The molecule has 0 aliphatic rings. The Balaban J connectivity index is 2.46. The van der Waals surface area contributed by atoms with Crippen LogP contribution in [0.3, 0.4) is 0 Å². The zero-order chi connectivity index (χ0) is 14.1. The largest absolute Gasteiger partial charge is 0.394 e. The number of nitrogens with one attached hydrogen (secondary N) is 1. The van der Waals surface area contributed by atoms with Crippen LogP contribution in [0, 0.1) is 0 Å². The fourth-order valence-corrected chi connectivity index (χ4v) is 1.83. The number of aromatic nitrogens is 2. The molecule has 0 unspecified atom stereocenters. The van der Waals surface area contributed by atoms with Gasteiger partial charge in [0.05, 0.1) is 25.0 Å². The van der Waals surface area contributed by atoms with Crippen molar-refractivity contribution in [3.8, 4) is 0 Å². The van der Waals surface area contributed by atoms with Crippen LogP contribution in [-0.2, 0) is 11.3 Å². The lowest BCUT2D eigenvalue weighted by molar-refractivity contribution is 0.192. The molecule has 0 aliphatic heterocycles. The van der Waals surface area contributed by atoms with E-state index >= 15 is 0 Å². The van der Waals surface area contributed by atoms with Crippen molar-refractivity contribution in [3.05, 3.63) is 21.6 Å². The van der Waals surface area contributed by atoms with Crippen molar-refractivity contribution in [2.24, 2.45) is 0 Å². The maximum absolute atomic E-state index is 11.8. The van der Waals surface area contributed by atoms with E-state index in [9.17, 15) is 4.79 Å². The molecule has 7 heteroatoms. The van der Waals surface area contributed by atoms with Crippen molar-refractivity contribution in [3.63, 3.8) is 0 Å². The molecule has 19 heavy (non-hydrogen) atoms. The molecule has 0 radical (unpaired) electrons. The first kappa shape index (κ1) is 15.9. The second-order valence-electron chi connectivity index (χ2n) is 4.10. The molecule has 0 saturated heterocycles. The van der Waals surface area contributed by atoms with Crippen LogP contribution < -0.4 is 10.9 Å². The molecule has 0 saturated carbocycles. The summed E-state index contributed by atoms with van der Waals surface area (Å²) in [6.07, 6.45) is 4.55. The number of anilines is 1. The number of rotatable bonds is 9. The Bertz CT molecular complexity index is 437. The average Bonchev–Trinajstić information content (AvgIpc) is 2.41.